The molecule has 3 aliphatic heterocycles. The first kappa shape index (κ1) is 51.8. The van der Waals surface area contributed by atoms with Crippen molar-refractivity contribution in [3.63, 3.8) is 0 Å². The molecule has 0 radical (unpaired) electrons. The van der Waals surface area contributed by atoms with E-state index in [9.17, 15) is 47.9 Å². The van der Waals surface area contributed by atoms with Crippen molar-refractivity contribution in [2.45, 2.75) is 168 Å². The first-order valence-electron chi connectivity index (χ1n) is 19.4. The Morgan fingerprint density at radius 3 is 1.22 bits per heavy atom. The fourth-order valence-electron chi connectivity index (χ4n) is 6.90. The van der Waals surface area contributed by atoms with Gasteiger partial charge in [-0.15, -0.1) is 0 Å². The lowest BCUT2D eigenvalue weighted by Gasteiger charge is -2.50. The van der Waals surface area contributed by atoms with Gasteiger partial charge in [0.15, 0.2) is 55.3 Å². The first-order chi connectivity index (χ1) is 29.4. The Labute approximate surface area is 360 Å². The number of ether oxygens (including phenoxy) is 14. The van der Waals surface area contributed by atoms with E-state index in [1.807, 2.05) is 0 Å². The molecule has 0 saturated carbocycles. The zero-order chi connectivity index (χ0) is 47.5. The van der Waals surface area contributed by atoms with Crippen molar-refractivity contribution in [2.75, 3.05) is 13.2 Å². The van der Waals surface area contributed by atoms with E-state index >= 15 is 0 Å². The number of carbonyl (C=O) groups is 10. The van der Waals surface area contributed by atoms with Gasteiger partial charge in [0.05, 0.1) is 6.10 Å². The van der Waals surface area contributed by atoms with Crippen molar-refractivity contribution in [2.24, 2.45) is 0 Å². The summed E-state index contributed by atoms with van der Waals surface area (Å²) >= 11 is 0. The average Bonchev–Trinajstić information content (AvgIpc) is 3.12. The molecule has 63 heavy (non-hydrogen) atoms. The summed E-state index contributed by atoms with van der Waals surface area (Å²) in [6, 6.07) is -1.59. The van der Waals surface area contributed by atoms with Crippen LogP contribution in [0, 0.1) is 0 Å². The minimum absolute atomic E-state index is 0.640. The van der Waals surface area contributed by atoms with E-state index in [1.54, 1.807) is 0 Å². The summed E-state index contributed by atoms with van der Waals surface area (Å²) in [6.45, 7) is 10.3. The number of esters is 9. The fraction of sp³-hybridized carbons (Fsp3) is 0.737. The minimum atomic E-state index is -1.98. The molecule has 0 aliphatic carbocycles. The smallest absolute Gasteiger partial charge is 0.305 e. The normalized spacial score (nSPS) is 32.6. The molecule has 0 aromatic carbocycles. The molecule has 25 nitrogen and oxygen atoms in total. The maximum absolute atomic E-state index is 12.9. The number of amides is 1. The third kappa shape index (κ3) is 15.4. The number of hydrogen-bond acceptors (Lipinski definition) is 24. The Hall–Kier alpha value is -5.50. The first-order valence-corrected chi connectivity index (χ1v) is 19.4. The molecule has 3 fully saturated rings. The Balaban J connectivity index is 2.27. The maximum Gasteiger partial charge on any atom is 0.305 e. The molecule has 0 unspecified atom stereocenters. The van der Waals surface area contributed by atoms with Crippen LogP contribution in [0.5, 0.6) is 0 Å². The van der Waals surface area contributed by atoms with Crippen LogP contribution < -0.4 is 5.32 Å². The summed E-state index contributed by atoms with van der Waals surface area (Å²) in [5.74, 6) is -8.98. The molecular formula is C38H53NO24. The van der Waals surface area contributed by atoms with Crippen molar-refractivity contribution in [3.05, 3.63) is 0 Å². The predicted octanol–water partition coefficient (Wildman–Crippen LogP) is -1.26. The highest BCUT2D eigenvalue weighted by atomic mass is 16.8. The van der Waals surface area contributed by atoms with Crippen LogP contribution in [0.1, 0.15) is 76.2 Å². The third-order valence-electron chi connectivity index (χ3n) is 8.91. The third-order valence-corrected chi connectivity index (χ3v) is 8.91. The highest BCUT2D eigenvalue weighted by molar-refractivity contribution is 5.74. The molecule has 1 N–H and O–H groups in total. The number of rotatable bonds is 16. The zero-order valence-corrected chi connectivity index (χ0v) is 36.4. The van der Waals surface area contributed by atoms with Gasteiger partial charge in [-0.1, -0.05) is 0 Å². The predicted molar refractivity (Wildman–Crippen MR) is 197 cm³/mol. The van der Waals surface area contributed by atoms with E-state index in [4.69, 9.17) is 66.3 Å². The van der Waals surface area contributed by atoms with Crippen molar-refractivity contribution in [3.8, 4) is 0 Å². The highest BCUT2D eigenvalue weighted by Gasteiger charge is 2.59. The molecule has 0 bridgehead atoms. The van der Waals surface area contributed by atoms with Crippen LogP contribution >= 0.6 is 0 Å². The molecule has 354 valence electrons. The second-order valence-corrected chi connectivity index (χ2v) is 14.4. The van der Waals surface area contributed by atoms with Crippen LogP contribution in [-0.2, 0) is 114 Å². The van der Waals surface area contributed by atoms with Crippen molar-refractivity contribution in [1.82, 2.24) is 5.32 Å². The van der Waals surface area contributed by atoms with Gasteiger partial charge in [0, 0.05) is 69.2 Å². The quantitative estimate of drug-likeness (QED) is 0.139. The van der Waals surface area contributed by atoms with Gasteiger partial charge in [-0.3, -0.25) is 47.9 Å². The molecule has 25 heteroatoms. The summed E-state index contributed by atoms with van der Waals surface area (Å²) in [5, 5.41) is 2.51. The van der Waals surface area contributed by atoms with Crippen LogP contribution in [0.2, 0.25) is 0 Å². The van der Waals surface area contributed by atoms with Gasteiger partial charge in [0.25, 0.3) is 0 Å². The van der Waals surface area contributed by atoms with E-state index < -0.39 is 165 Å². The Morgan fingerprint density at radius 2 is 0.762 bits per heavy atom. The average molecular weight is 908 g/mol. The van der Waals surface area contributed by atoms with E-state index in [0.29, 0.717) is 0 Å². The molecule has 3 heterocycles. The summed E-state index contributed by atoms with van der Waals surface area (Å²) in [6.07, 6.45) is -23.4. The van der Waals surface area contributed by atoms with Gasteiger partial charge >= 0.3 is 53.7 Å². The largest absolute Gasteiger partial charge is 0.463 e. The highest BCUT2D eigenvalue weighted by Crippen LogP contribution is 2.37. The van der Waals surface area contributed by atoms with Crippen LogP contribution in [0.25, 0.3) is 0 Å². The van der Waals surface area contributed by atoms with Gasteiger partial charge < -0.3 is 71.6 Å². The van der Waals surface area contributed by atoms with Crippen LogP contribution in [0.3, 0.4) is 0 Å². The van der Waals surface area contributed by atoms with Gasteiger partial charge in [0.1, 0.15) is 37.6 Å². The molecule has 0 spiro atoms. The molecular weight excluding hydrogens is 854 g/mol. The Kier molecular flexibility index (Phi) is 19.1. The standard InChI is InChI=1S/C38H53NO24/c1-14-28(53-18(5)43)32(56-21(8)46)35(37(52-14)59-24(11)49)63-38-34(58-23(10)48)33(57-22(9)47)30(26(61-38)13-51-17(4)42)62-36-27(39-15(2)40)31(55-20(7)45)29(54-19(6)44)25(60-36)12-50-16(3)41/h14,25-38H,12-13H2,1-11H3,(H,39,40)/t14-,25+,26+,27+,28-,29+,30+,31-,32-,33+,34+,35-,36-,37+,38-/m0/s1. The van der Waals surface area contributed by atoms with Gasteiger partial charge in [-0.2, -0.15) is 0 Å². The van der Waals surface area contributed by atoms with Crippen molar-refractivity contribution < 1.29 is 114 Å². The molecule has 15 atom stereocenters. The van der Waals surface area contributed by atoms with Gasteiger partial charge in [0.2, 0.25) is 12.2 Å². The fourth-order valence-corrected chi connectivity index (χ4v) is 6.90. The Bertz CT molecular complexity index is 1720. The maximum atomic E-state index is 12.9. The van der Waals surface area contributed by atoms with Crippen molar-refractivity contribution in [1.29, 1.82) is 0 Å². The van der Waals surface area contributed by atoms with Crippen molar-refractivity contribution >= 4 is 59.6 Å². The van der Waals surface area contributed by atoms with Crippen LogP contribution in [0.15, 0.2) is 0 Å². The summed E-state index contributed by atoms with van der Waals surface area (Å²) in [7, 11) is 0. The SMILES string of the molecule is CC(=O)N[C@H]1[C@H](O[C@H]2[C@@H](OC(C)=O)[C@@H](OC(C)=O)[C@H](O[C@@H]3[C@@H](OC(C)=O)O[C@@H](C)[C@H](OC(C)=O)[C@@H]3OC(C)=O)O[C@@H]2COC(C)=O)O[C@H](COC(C)=O)[C@@H](OC(C)=O)[C@H]1OC(C)=O. The van der Waals surface area contributed by atoms with E-state index in [0.717, 1.165) is 69.2 Å². The summed E-state index contributed by atoms with van der Waals surface area (Å²) in [5.41, 5.74) is 0. The number of carbonyl (C=O) groups excluding carboxylic acids is 10. The van der Waals surface area contributed by atoms with Gasteiger partial charge in [-0.05, 0) is 6.92 Å². The molecule has 3 aliphatic rings. The molecule has 0 aromatic heterocycles. The van der Waals surface area contributed by atoms with E-state index in [1.165, 1.54) is 6.92 Å². The lowest BCUT2D eigenvalue weighted by Crippen LogP contribution is -2.70. The summed E-state index contributed by atoms with van der Waals surface area (Å²) in [4.78, 5) is 124. The van der Waals surface area contributed by atoms with E-state index in [-0.39, 0.29) is 0 Å². The zero-order valence-electron chi connectivity index (χ0n) is 36.4. The number of nitrogens with one attached hydrogen (secondary N) is 1. The molecule has 3 rings (SSSR count). The minimum Gasteiger partial charge on any atom is -0.463 e. The van der Waals surface area contributed by atoms with E-state index in [2.05, 4.69) is 5.32 Å². The van der Waals surface area contributed by atoms with Gasteiger partial charge in [-0.25, -0.2) is 0 Å². The second kappa shape index (κ2) is 23.3. The second-order valence-electron chi connectivity index (χ2n) is 14.4. The topological polar surface area (TPSA) is 312 Å². The lowest BCUT2D eigenvalue weighted by molar-refractivity contribution is -0.376. The number of hydrogen-bond donors (Lipinski definition) is 1. The summed E-state index contributed by atoms with van der Waals surface area (Å²) < 4.78 is 80.0. The molecule has 0 aromatic rings. The lowest BCUT2D eigenvalue weighted by atomic mass is 9.94. The molecule has 1 amide bonds. The Morgan fingerprint density at radius 1 is 0.381 bits per heavy atom. The molecule has 3 saturated heterocycles. The van der Waals surface area contributed by atoms with Crippen LogP contribution in [-0.4, -0.2) is 165 Å². The monoisotopic (exact) mass is 907 g/mol. The van der Waals surface area contributed by atoms with Crippen LogP contribution in [0.4, 0.5) is 0 Å².